The van der Waals surface area contributed by atoms with Crippen molar-refractivity contribution >= 4 is 17.8 Å². The van der Waals surface area contributed by atoms with Crippen molar-refractivity contribution in [2.24, 2.45) is 4.99 Å². The lowest BCUT2D eigenvalue weighted by Gasteiger charge is -2.09. The fourth-order valence-electron chi connectivity index (χ4n) is 3.89. The molecule has 1 fully saturated rings. The Balaban J connectivity index is 1.60. The topological polar surface area (TPSA) is 41.5 Å². The minimum Gasteiger partial charge on any atom is -0.325 e. The summed E-state index contributed by atoms with van der Waals surface area (Å²) < 4.78 is 0. The van der Waals surface area contributed by atoms with Gasteiger partial charge in [0.05, 0.1) is 12.0 Å². The molecule has 0 unspecified atom stereocenters. The highest BCUT2D eigenvalue weighted by molar-refractivity contribution is 6.09. The van der Waals surface area contributed by atoms with E-state index in [0.29, 0.717) is 5.92 Å². The number of hydrogen-bond acceptors (Lipinski definition) is 2. The van der Waals surface area contributed by atoms with E-state index in [-0.39, 0.29) is 11.3 Å². The molecule has 0 bridgehead atoms. The zero-order chi connectivity index (χ0) is 14.0. The van der Waals surface area contributed by atoms with Gasteiger partial charge in [-0.3, -0.25) is 9.79 Å². The van der Waals surface area contributed by atoms with Crippen molar-refractivity contribution in [3.05, 3.63) is 64.7 Å². The second-order valence-corrected chi connectivity index (χ2v) is 6.16. The number of rotatable bonds is 1. The van der Waals surface area contributed by atoms with Crippen LogP contribution < -0.4 is 5.32 Å². The van der Waals surface area contributed by atoms with Crippen molar-refractivity contribution in [2.45, 2.75) is 24.3 Å². The normalized spacial score (nSPS) is 27.6. The summed E-state index contributed by atoms with van der Waals surface area (Å²) in [6.07, 6.45) is 2.85. The van der Waals surface area contributed by atoms with E-state index in [0.717, 1.165) is 24.2 Å². The molecule has 1 aliphatic carbocycles. The summed E-state index contributed by atoms with van der Waals surface area (Å²) >= 11 is 0. The SMILES string of the molecule is O=C1Nc2ccccc2[C@]12C[C@H]2c1ccc2c(c1)C=NC2. The molecule has 2 heterocycles. The highest BCUT2D eigenvalue weighted by Crippen LogP contribution is 2.64. The molecular weight excluding hydrogens is 260 g/mol. The molecule has 3 heteroatoms. The molecule has 102 valence electrons. The summed E-state index contributed by atoms with van der Waals surface area (Å²) in [6, 6.07) is 14.6. The lowest BCUT2D eigenvalue weighted by molar-refractivity contribution is -0.118. The fourth-order valence-corrected chi connectivity index (χ4v) is 3.89. The van der Waals surface area contributed by atoms with Crippen LogP contribution >= 0.6 is 0 Å². The first-order chi connectivity index (χ1) is 10.3. The van der Waals surface area contributed by atoms with Gasteiger partial charge in [-0.05, 0) is 40.8 Å². The molecule has 1 N–H and O–H groups in total. The van der Waals surface area contributed by atoms with Gasteiger partial charge in [0.2, 0.25) is 5.91 Å². The van der Waals surface area contributed by atoms with Crippen LogP contribution in [0.15, 0.2) is 47.5 Å². The smallest absolute Gasteiger partial charge is 0.235 e. The first kappa shape index (κ1) is 11.3. The van der Waals surface area contributed by atoms with Gasteiger partial charge in [-0.15, -0.1) is 0 Å². The minimum absolute atomic E-state index is 0.155. The molecular formula is C18H14N2O. The van der Waals surface area contributed by atoms with E-state index in [1.165, 1.54) is 16.7 Å². The molecule has 1 spiro atoms. The van der Waals surface area contributed by atoms with Crippen LogP contribution in [-0.4, -0.2) is 12.1 Å². The zero-order valence-electron chi connectivity index (χ0n) is 11.5. The van der Waals surface area contributed by atoms with E-state index in [1.54, 1.807) is 0 Å². The minimum atomic E-state index is -0.333. The van der Waals surface area contributed by atoms with Crippen LogP contribution in [0.1, 0.15) is 34.6 Å². The summed E-state index contributed by atoms with van der Waals surface area (Å²) in [7, 11) is 0. The van der Waals surface area contributed by atoms with Gasteiger partial charge in [-0.25, -0.2) is 0 Å². The second kappa shape index (κ2) is 3.61. The van der Waals surface area contributed by atoms with Crippen molar-refractivity contribution in [1.82, 2.24) is 0 Å². The van der Waals surface area contributed by atoms with Crippen LogP contribution in [0, 0.1) is 0 Å². The molecule has 2 aromatic rings. The van der Waals surface area contributed by atoms with Crippen molar-refractivity contribution in [3.63, 3.8) is 0 Å². The van der Waals surface area contributed by atoms with E-state index < -0.39 is 0 Å². The van der Waals surface area contributed by atoms with Gasteiger partial charge in [-0.2, -0.15) is 0 Å². The summed E-state index contributed by atoms with van der Waals surface area (Å²) in [6.45, 7) is 0.786. The molecule has 21 heavy (non-hydrogen) atoms. The molecule has 1 saturated carbocycles. The van der Waals surface area contributed by atoms with E-state index in [9.17, 15) is 4.79 Å². The van der Waals surface area contributed by atoms with Crippen LogP contribution in [0.25, 0.3) is 0 Å². The third-order valence-corrected chi connectivity index (χ3v) is 5.09. The summed E-state index contributed by atoms with van der Waals surface area (Å²) in [4.78, 5) is 16.8. The Hall–Kier alpha value is -2.42. The van der Waals surface area contributed by atoms with Crippen molar-refractivity contribution < 1.29 is 4.79 Å². The first-order valence-corrected chi connectivity index (χ1v) is 7.33. The van der Waals surface area contributed by atoms with Gasteiger partial charge in [0, 0.05) is 17.8 Å². The van der Waals surface area contributed by atoms with Crippen LogP contribution in [0.5, 0.6) is 0 Å². The standard InChI is InChI=1S/C18H14N2O/c21-17-18(14-3-1-2-4-16(14)20-17)8-15(18)11-5-6-12-9-19-10-13(12)7-11/h1-7,10,15H,8-9H2,(H,20,21)/t15-,18-/m0/s1. The maximum absolute atomic E-state index is 12.5. The Morgan fingerprint density at radius 3 is 3.05 bits per heavy atom. The lowest BCUT2D eigenvalue weighted by atomic mass is 9.91. The Bertz CT molecular complexity index is 824. The number of nitrogens with one attached hydrogen (secondary N) is 1. The Morgan fingerprint density at radius 2 is 2.10 bits per heavy atom. The molecule has 0 saturated heterocycles. The lowest BCUT2D eigenvalue weighted by Crippen LogP contribution is -2.21. The van der Waals surface area contributed by atoms with E-state index >= 15 is 0 Å². The van der Waals surface area contributed by atoms with Crippen molar-refractivity contribution in [2.75, 3.05) is 5.32 Å². The number of aliphatic imine (C=N–C) groups is 1. The van der Waals surface area contributed by atoms with E-state index in [1.807, 2.05) is 24.4 Å². The highest BCUT2D eigenvalue weighted by atomic mass is 16.2. The van der Waals surface area contributed by atoms with Gasteiger partial charge in [0.1, 0.15) is 0 Å². The fraction of sp³-hybridized carbons (Fsp3) is 0.222. The van der Waals surface area contributed by atoms with E-state index in [4.69, 9.17) is 0 Å². The molecule has 5 rings (SSSR count). The number of hydrogen-bond donors (Lipinski definition) is 1. The number of amides is 1. The van der Waals surface area contributed by atoms with Gasteiger partial charge >= 0.3 is 0 Å². The largest absolute Gasteiger partial charge is 0.325 e. The van der Waals surface area contributed by atoms with Crippen LogP contribution in [-0.2, 0) is 16.8 Å². The molecule has 3 aliphatic rings. The number of fused-ring (bicyclic) bond motifs is 3. The average molecular weight is 274 g/mol. The molecule has 2 atom stereocenters. The predicted molar refractivity (Wildman–Crippen MR) is 81.8 cm³/mol. The monoisotopic (exact) mass is 274 g/mol. The molecule has 2 aliphatic heterocycles. The van der Waals surface area contributed by atoms with Gasteiger partial charge < -0.3 is 5.32 Å². The van der Waals surface area contributed by atoms with Crippen molar-refractivity contribution in [3.8, 4) is 0 Å². The average Bonchev–Trinajstić information content (AvgIpc) is 2.97. The Morgan fingerprint density at radius 1 is 1.19 bits per heavy atom. The zero-order valence-corrected chi connectivity index (χ0v) is 11.5. The molecule has 0 radical (unpaired) electrons. The number of carbonyl (C=O) groups excluding carboxylic acids is 1. The number of anilines is 1. The highest BCUT2D eigenvalue weighted by Gasteiger charge is 2.65. The molecule has 3 nitrogen and oxygen atoms in total. The quantitative estimate of drug-likeness (QED) is 0.853. The van der Waals surface area contributed by atoms with Crippen LogP contribution in [0.2, 0.25) is 0 Å². The van der Waals surface area contributed by atoms with Gasteiger partial charge in [0.25, 0.3) is 0 Å². The van der Waals surface area contributed by atoms with E-state index in [2.05, 4.69) is 34.6 Å². The maximum Gasteiger partial charge on any atom is 0.235 e. The van der Waals surface area contributed by atoms with Gasteiger partial charge in [0.15, 0.2) is 0 Å². The summed E-state index contributed by atoms with van der Waals surface area (Å²) in [5.41, 5.74) is 5.56. The third kappa shape index (κ3) is 1.33. The first-order valence-electron chi connectivity index (χ1n) is 7.33. The van der Waals surface area contributed by atoms with Crippen LogP contribution in [0.3, 0.4) is 0 Å². The number of para-hydroxylation sites is 1. The summed E-state index contributed by atoms with van der Waals surface area (Å²) in [5.74, 6) is 0.448. The van der Waals surface area contributed by atoms with Crippen molar-refractivity contribution in [1.29, 1.82) is 0 Å². The molecule has 1 amide bonds. The molecule has 2 aromatic carbocycles. The van der Waals surface area contributed by atoms with Gasteiger partial charge in [-0.1, -0.05) is 30.3 Å². The third-order valence-electron chi connectivity index (χ3n) is 5.09. The van der Waals surface area contributed by atoms with Crippen LogP contribution in [0.4, 0.5) is 5.69 Å². The number of nitrogens with zero attached hydrogens (tertiary/aromatic N) is 1. The Kier molecular flexibility index (Phi) is 1.94. The number of carbonyl (C=O) groups is 1. The maximum atomic E-state index is 12.5. The number of benzene rings is 2. The predicted octanol–water partition coefficient (Wildman–Crippen LogP) is 3.00. The molecule has 0 aromatic heterocycles. The summed E-state index contributed by atoms with van der Waals surface area (Å²) in [5, 5.41) is 3.04. The second-order valence-electron chi connectivity index (χ2n) is 6.16. The Labute approximate surface area is 122 Å².